The first-order chi connectivity index (χ1) is 13.5. The van der Waals surface area contributed by atoms with Gasteiger partial charge in [-0.25, -0.2) is 4.79 Å². The summed E-state index contributed by atoms with van der Waals surface area (Å²) >= 11 is 0. The largest absolute Gasteiger partial charge is 0.493 e. The first kappa shape index (κ1) is 17.8. The van der Waals surface area contributed by atoms with Crippen molar-refractivity contribution in [3.05, 3.63) is 23.8 Å². The van der Waals surface area contributed by atoms with Crippen molar-refractivity contribution in [1.82, 2.24) is 10.2 Å². The van der Waals surface area contributed by atoms with E-state index in [9.17, 15) is 9.59 Å². The summed E-state index contributed by atoms with van der Waals surface area (Å²) in [5, 5.41) is 3.00. The number of rotatable bonds is 4. The van der Waals surface area contributed by atoms with Crippen LogP contribution in [0.15, 0.2) is 18.2 Å². The lowest BCUT2D eigenvalue weighted by Crippen LogP contribution is -2.62. The van der Waals surface area contributed by atoms with Crippen LogP contribution in [0.1, 0.15) is 44.1 Å². The molecule has 1 saturated heterocycles. The van der Waals surface area contributed by atoms with Gasteiger partial charge in [-0.2, -0.15) is 0 Å². The quantitative estimate of drug-likeness (QED) is 0.805. The molecule has 2 aliphatic carbocycles. The van der Waals surface area contributed by atoms with Crippen LogP contribution in [0.4, 0.5) is 4.79 Å². The number of nitrogens with one attached hydrogen (secondary N) is 1. The van der Waals surface area contributed by atoms with Crippen LogP contribution in [0.25, 0.3) is 0 Å². The summed E-state index contributed by atoms with van der Waals surface area (Å²) < 4.78 is 17.9. The van der Waals surface area contributed by atoms with Gasteiger partial charge in [0.25, 0.3) is 5.91 Å². The third-order valence-corrected chi connectivity index (χ3v) is 6.82. The van der Waals surface area contributed by atoms with Crippen LogP contribution in [0.5, 0.6) is 11.5 Å². The zero-order valence-electron chi connectivity index (χ0n) is 16.3. The van der Waals surface area contributed by atoms with E-state index in [4.69, 9.17) is 14.2 Å². The Morgan fingerprint density at radius 3 is 2.57 bits per heavy atom. The van der Waals surface area contributed by atoms with E-state index in [0.29, 0.717) is 42.4 Å². The van der Waals surface area contributed by atoms with Gasteiger partial charge >= 0.3 is 6.03 Å². The molecule has 3 amide bonds. The molecule has 7 heteroatoms. The standard InChI is InChI=1S/C21H26N2O5/c1-23-18(24)21(22-19(23)25)16-11-15(27-12-13-3-4-13)5-6-17(16)28-20(21)9-7-14(26-2)8-10-20/h5-6,11,13-14H,3-4,7-10,12H2,1-2H3,(H,22,25). The second-order valence-electron chi connectivity index (χ2n) is 8.49. The second kappa shape index (κ2) is 6.11. The molecular formula is C21H26N2O5. The van der Waals surface area contributed by atoms with Crippen molar-refractivity contribution >= 4 is 11.9 Å². The lowest BCUT2D eigenvalue weighted by Gasteiger charge is -2.44. The van der Waals surface area contributed by atoms with Gasteiger partial charge in [-0.3, -0.25) is 9.69 Å². The van der Waals surface area contributed by atoms with Crippen LogP contribution in [-0.2, 0) is 15.1 Å². The smallest absolute Gasteiger partial charge is 0.325 e. The maximum atomic E-state index is 13.4. The molecule has 3 fully saturated rings. The molecule has 0 radical (unpaired) electrons. The van der Waals surface area contributed by atoms with E-state index < -0.39 is 11.1 Å². The molecule has 150 valence electrons. The van der Waals surface area contributed by atoms with Crippen LogP contribution >= 0.6 is 0 Å². The minimum absolute atomic E-state index is 0.150. The molecule has 1 atom stereocenters. The Kier molecular flexibility index (Phi) is 3.88. The minimum atomic E-state index is -1.20. The Morgan fingerprint density at radius 2 is 1.96 bits per heavy atom. The van der Waals surface area contributed by atoms with Gasteiger partial charge in [0.05, 0.1) is 12.7 Å². The summed E-state index contributed by atoms with van der Waals surface area (Å²) in [6.45, 7) is 0.688. The van der Waals surface area contributed by atoms with Gasteiger partial charge in [-0.15, -0.1) is 0 Å². The Balaban J connectivity index is 1.56. The topological polar surface area (TPSA) is 77.1 Å². The molecule has 2 saturated carbocycles. The summed E-state index contributed by atoms with van der Waals surface area (Å²) in [6.07, 6.45) is 5.41. The molecule has 0 aromatic heterocycles. The molecule has 1 aromatic rings. The average molecular weight is 386 g/mol. The molecule has 7 nitrogen and oxygen atoms in total. The molecule has 1 aromatic carbocycles. The number of nitrogens with zero attached hydrogens (tertiary/aromatic N) is 1. The van der Waals surface area contributed by atoms with Crippen molar-refractivity contribution in [1.29, 1.82) is 0 Å². The fraction of sp³-hybridized carbons (Fsp3) is 0.619. The van der Waals surface area contributed by atoms with Gasteiger partial charge in [0.1, 0.15) is 17.1 Å². The minimum Gasteiger partial charge on any atom is -0.493 e. The van der Waals surface area contributed by atoms with Crippen molar-refractivity contribution < 1.29 is 23.8 Å². The van der Waals surface area contributed by atoms with Gasteiger partial charge in [-0.05, 0) is 62.6 Å². The van der Waals surface area contributed by atoms with Crippen molar-refractivity contribution in [2.75, 3.05) is 20.8 Å². The average Bonchev–Trinajstić information content (AvgIpc) is 3.47. The molecule has 5 rings (SSSR count). The SMILES string of the molecule is COC1CCC2(CC1)Oc1ccc(OCC3CC3)cc1C21NC(=O)N(C)C1=O. The van der Waals surface area contributed by atoms with Crippen molar-refractivity contribution in [3.63, 3.8) is 0 Å². The number of imide groups is 1. The number of benzene rings is 1. The molecule has 4 aliphatic rings. The van der Waals surface area contributed by atoms with Gasteiger partial charge in [0.2, 0.25) is 0 Å². The fourth-order valence-corrected chi connectivity index (χ4v) is 4.92. The Bertz CT molecular complexity index is 828. The highest BCUT2D eigenvalue weighted by atomic mass is 16.5. The van der Waals surface area contributed by atoms with Gasteiger partial charge < -0.3 is 19.5 Å². The normalized spacial score (nSPS) is 33.9. The van der Waals surface area contributed by atoms with E-state index in [1.165, 1.54) is 24.8 Å². The number of ether oxygens (including phenoxy) is 3. The number of methoxy groups -OCH3 is 1. The highest BCUT2D eigenvalue weighted by molar-refractivity contribution is 6.09. The number of hydrogen-bond acceptors (Lipinski definition) is 5. The first-order valence-electron chi connectivity index (χ1n) is 10.1. The van der Waals surface area contributed by atoms with E-state index in [1.54, 1.807) is 7.11 Å². The van der Waals surface area contributed by atoms with E-state index in [1.807, 2.05) is 18.2 Å². The second-order valence-corrected chi connectivity index (χ2v) is 8.49. The molecule has 1 unspecified atom stereocenters. The number of carbonyl (C=O) groups is 2. The number of fused-ring (bicyclic) bond motifs is 3. The molecule has 2 spiro atoms. The number of hydrogen-bond donors (Lipinski definition) is 1. The van der Waals surface area contributed by atoms with Crippen LogP contribution in [0.2, 0.25) is 0 Å². The summed E-state index contributed by atoms with van der Waals surface area (Å²) in [6, 6.07) is 5.25. The maximum Gasteiger partial charge on any atom is 0.325 e. The highest BCUT2D eigenvalue weighted by Gasteiger charge is 2.70. The fourth-order valence-electron chi connectivity index (χ4n) is 4.92. The molecule has 1 N–H and O–H groups in total. The lowest BCUT2D eigenvalue weighted by molar-refractivity contribution is -0.141. The van der Waals surface area contributed by atoms with E-state index in [2.05, 4.69) is 5.32 Å². The van der Waals surface area contributed by atoms with Crippen LogP contribution in [0.3, 0.4) is 0 Å². The van der Waals surface area contributed by atoms with Crippen molar-refractivity contribution in [2.45, 2.75) is 55.8 Å². The van der Waals surface area contributed by atoms with Crippen LogP contribution < -0.4 is 14.8 Å². The zero-order valence-corrected chi connectivity index (χ0v) is 16.3. The predicted octanol–water partition coefficient (Wildman–Crippen LogP) is 2.57. The molecule has 2 heterocycles. The molecule has 28 heavy (non-hydrogen) atoms. The Hall–Kier alpha value is -2.28. The summed E-state index contributed by atoms with van der Waals surface area (Å²) in [5.41, 5.74) is -1.29. The van der Waals surface area contributed by atoms with E-state index >= 15 is 0 Å². The van der Waals surface area contributed by atoms with Gasteiger partial charge in [0, 0.05) is 19.7 Å². The third-order valence-electron chi connectivity index (χ3n) is 6.82. The maximum absolute atomic E-state index is 13.4. The van der Waals surface area contributed by atoms with Crippen LogP contribution in [-0.4, -0.2) is 49.3 Å². The Labute approximate surface area is 164 Å². The van der Waals surface area contributed by atoms with Gasteiger partial charge in [0.15, 0.2) is 5.54 Å². The molecule has 2 aliphatic heterocycles. The van der Waals surface area contributed by atoms with E-state index in [0.717, 1.165) is 12.8 Å². The number of amides is 3. The molecule has 0 bridgehead atoms. The predicted molar refractivity (Wildman–Crippen MR) is 100 cm³/mol. The number of likely N-dealkylation sites (N-methyl/N-ethyl adjacent to an activating group) is 1. The highest BCUT2D eigenvalue weighted by Crippen LogP contribution is 2.56. The van der Waals surface area contributed by atoms with Gasteiger partial charge in [-0.1, -0.05) is 0 Å². The van der Waals surface area contributed by atoms with Crippen molar-refractivity contribution in [3.8, 4) is 11.5 Å². The lowest BCUT2D eigenvalue weighted by atomic mass is 9.68. The third kappa shape index (κ3) is 2.38. The summed E-state index contributed by atoms with van der Waals surface area (Å²) in [7, 11) is 3.23. The molecular weight excluding hydrogens is 360 g/mol. The monoisotopic (exact) mass is 386 g/mol. The Morgan fingerprint density at radius 1 is 1.21 bits per heavy atom. The summed E-state index contributed by atoms with van der Waals surface area (Å²) in [5.74, 6) is 1.74. The number of carbonyl (C=O) groups excluding carboxylic acids is 2. The number of urea groups is 1. The zero-order chi connectivity index (χ0) is 19.5. The van der Waals surface area contributed by atoms with Crippen LogP contribution in [0, 0.1) is 5.92 Å². The van der Waals surface area contributed by atoms with E-state index in [-0.39, 0.29) is 18.0 Å². The summed E-state index contributed by atoms with van der Waals surface area (Å²) in [4.78, 5) is 27.1. The van der Waals surface area contributed by atoms with Crippen molar-refractivity contribution in [2.24, 2.45) is 5.92 Å². The first-order valence-corrected chi connectivity index (χ1v) is 10.1.